The molecule has 0 radical (unpaired) electrons. The fourth-order valence-corrected chi connectivity index (χ4v) is 2.15. The number of amides is 2. The van der Waals surface area contributed by atoms with E-state index >= 15 is 0 Å². The lowest BCUT2D eigenvalue weighted by Crippen LogP contribution is -2.35. The Labute approximate surface area is 146 Å². The van der Waals surface area contributed by atoms with Crippen LogP contribution in [-0.2, 0) is 14.3 Å². The molecule has 1 aromatic carbocycles. The fraction of sp³-hybridized carbons (Fsp3) is 0.471. The summed E-state index contributed by atoms with van der Waals surface area (Å²) in [7, 11) is 0. The molecule has 2 atom stereocenters. The summed E-state index contributed by atoms with van der Waals surface area (Å²) in [5, 5.41) is 15.5. The minimum Gasteiger partial charge on any atom is -0.484 e. The number of aliphatic hydroxyl groups excluding tert-OH is 1. The molecule has 0 unspecified atom stereocenters. The van der Waals surface area contributed by atoms with Crippen molar-refractivity contribution in [1.29, 1.82) is 0 Å². The van der Waals surface area contributed by atoms with E-state index < -0.39 is 12.0 Å². The van der Waals surface area contributed by atoms with Gasteiger partial charge >= 0.3 is 0 Å². The Morgan fingerprint density at radius 3 is 2.84 bits per heavy atom. The molecule has 1 heterocycles. The third-order valence-electron chi connectivity index (χ3n) is 3.57. The van der Waals surface area contributed by atoms with E-state index in [1.807, 2.05) is 0 Å². The van der Waals surface area contributed by atoms with Crippen molar-refractivity contribution in [3.8, 4) is 5.75 Å². The second-order valence-corrected chi connectivity index (χ2v) is 5.71. The number of aliphatic hydroxyl groups is 1. The minimum atomic E-state index is -1.11. The van der Waals surface area contributed by atoms with Crippen LogP contribution in [0, 0.1) is 0 Å². The van der Waals surface area contributed by atoms with E-state index in [4.69, 9.17) is 14.6 Å². The Bertz CT molecular complexity index is 595. The summed E-state index contributed by atoms with van der Waals surface area (Å²) in [6.45, 7) is 2.56. The first-order valence-electron chi connectivity index (χ1n) is 8.17. The van der Waals surface area contributed by atoms with Crippen LogP contribution >= 0.6 is 0 Å². The zero-order valence-corrected chi connectivity index (χ0v) is 14.1. The van der Waals surface area contributed by atoms with Crippen LogP contribution in [0.5, 0.6) is 5.75 Å². The van der Waals surface area contributed by atoms with Crippen molar-refractivity contribution in [3.63, 3.8) is 0 Å². The first-order valence-corrected chi connectivity index (χ1v) is 8.17. The largest absolute Gasteiger partial charge is 0.484 e. The molecule has 0 aliphatic carbocycles. The number of hydrazone groups is 1. The number of rotatable bonds is 8. The lowest BCUT2D eigenvalue weighted by atomic mass is 10.2. The molecule has 1 aliphatic heterocycles. The number of hydrogen-bond acceptors (Lipinski definition) is 6. The summed E-state index contributed by atoms with van der Waals surface area (Å²) in [5.74, 6) is -0.218. The molecular weight excluding hydrogens is 326 g/mol. The molecule has 0 bridgehead atoms. The molecule has 1 aliphatic rings. The highest BCUT2D eigenvalue weighted by Gasteiger charge is 2.16. The summed E-state index contributed by atoms with van der Waals surface area (Å²) in [4.78, 5) is 22.9. The van der Waals surface area contributed by atoms with Crippen LogP contribution in [0.1, 0.15) is 25.3 Å². The summed E-state index contributed by atoms with van der Waals surface area (Å²) in [5.41, 5.74) is 2.95. The van der Waals surface area contributed by atoms with Crippen LogP contribution in [0.3, 0.4) is 0 Å². The van der Waals surface area contributed by atoms with E-state index in [1.54, 1.807) is 24.3 Å². The second-order valence-electron chi connectivity index (χ2n) is 5.71. The fourth-order valence-electron chi connectivity index (χ4n) is 2.15. The maximum Gasteiger partial charge on any atom is 0.268 e. The summed E-state index contributed by atoms with van der Waals surface area (Å²) in [6.07, 6.45) is 2.45. The third-order valence-corrected chi connectivity index (χ3v) is 3.57. The maximum absolute atomic E-state index is 11.7. The quantitative estimate of drug-likeness (QED) is 0.459. The first-order chi connectivity index (χ1) is 12.0. The van der Waals surface area contributed by atoms with Crippen molar-refractivity contribution in [1.82, 2.24) is 10.7 Å². The topological polar surface area (TPSA) is 109 Å². The number of nitrogens with one attached hydrogen (secondary N) is 2. The van der Waals surface area contributed by atoms with Crippen molar-refractivity contribution in [2.45, 2.75) is 32.0 Å². The highest BCUT2D eigenvalue weighted by molar-refractivity contribution is 5.84. The highest BCUT2D eigenvalue weighted by atomic mass is 16.5. The molecule has 0 saturated carbocycles. The van der Waals surface area contributed by atoms with E-state index in [9.17, 15) is 9.59 Å². The molecule has 25 heavy (non-hydrogen) atoms. The van der Waals surface area contributed by atoms with Gasteiger partial charge in [-0.25, -0.2) is 5.43 Å². The van der Waals surface area contributed by atoms with Gasteiger partial charge in [-0.2, -0.15) is 5.10 Å². The molecule has 2 rings (SSSR count). The van der Waals surface area contributed by atoms with Crippen LogP contribution in [-0.4, -0.2) is 55.1 Å². The normalized spacial score (nSPS) is 18.1. The van der Waals surface area contributed by atoms with Gasteiger partial charge in [0.05, 0.1) is 12.3 Å². The van der Waals surface area contributed by atoms with Gasteiger partial charge in [0.15, 0.2) is 6.61 Å². The van der Waals surface area contributed by atoms with Gasteiger partial charge in [-0.05, 0) is 49.6 Å². The van der Waals surface area contributed by atoms with Gasteiger partial charge in [0, 0.05) is 13.2 Å². The van der Waals surface area contributed by atoms with Crippen molar-refractivity contribution < 1.29 is 24.2 Å². The Balaban J connectivity index is 1.69. The summed E-state index contributed by atoms with van der Waals surface area (Å²) >= 11 is 0. The number of carbonyl (C=O) groups is 2. The summed E-state index contributed by atoms with van der Waals surface area (Å²) in [6, 6.07) is 6.87. The number of carbonyl (C=O) groups excluding carboxylic acids is 2. The average molecular weight is 349 g/mol. The van der Waals surface area contributed by atoms with Crippen LogP contribution < -0.4 is 15.5 Å². The third kappa shape index (κ3) is 6.90. The highest BCUT2D eigenvalue weighted by Crippen LogP contribution is 2.12. The Morgan fingerprint density at radius 2 is 2.20 bits per heavy atom. The average Bonchev–Trinajstić information content (AvgIpc) is 3.12. The second kappa shape index (κ2) is 9.75. The Hall–Kier alpha value is -2.45. The molecule has 0 spiro atoms. The van der Waals surface area contributed by atoms with E-state index in [2.05, 4.69) is 15.8 Å². The number of hydrogen-bond donors (Lipinski definition) is 3. The van der Waals surface area contributed by atoms with Gasteiger partial charge in [-0.3, -0.25) is 9.59 Å². The smallest absolute Gasteiger partial charge is 0.268 e. The van der Waals surface area contributed by atoms with Crippen molar-refractivity contribution in [3.05, 3.63) is 29.8 Å². The van der Waals surface area contributed by atoms with Crippen LogP contribution in [0.15, 0.2) is 29.4 Å². The predicted molar refractivity (Wildman–Crippen MR) is 91.3 cm³/mol. The predicted octanol–water partition coefficient (Wildman–Crippen LogP) is 0.192. The van der Waals surface area contributed by atoms with Gasteiger partial charge in [0.25, 0.3) is 11.8 Å². The van der Waals surface area contributed by atoms with E-state index in [0.717, 1.165) is 25.0 Å². The lowest BCUT2D eigenvalue weighted by molar-refractivity contribution is -0.128. The molecule has 3 N–H and O–H groups in total. The molecule has 136 valence electrons. The standard InChI is InChI=1S/C17H23N3O5/c1-12(21)17(23)20-19-9-13-4-6-14(7-5-13)25-11-16(22)18-10-15-3-2-8-24-15/h4-7,9,12,15,21H,2-3,8,10-11H2,1H3,(H,18,22)(H,20,23)/b19-9-/t12-,15-/m1/s1. The van der Waals surface area contributed by atoms with Crippen LogP contribution in [0.2, 0.25) is 0 Å². The van der Waals surface area contributed by atoms with E-state index in [-0.39, 0.29) is 18.6 Å². The molecule has 8 nitrogen and oxygen atoms in total. The molecule has 2 amide bonds. The molecule has 8 heteroatoms. The lowest BCUT2D eigenvalue weighted by Gasteiger charge is -2.11. The van der Waals surface area contributed by atoms with Crippen molar-refractivity contribution in [2.75, 3.05) is 19.8 Å². The minimum absolute atomic E-state index is 0.0649. The summed E-state index contributed by atoms with van der Waals surface area (Å²) < 4.78 is 10.8. The zero-order chi connectivity index (χ0) is 18.1. The molecule has 0 aromatic heterocycles. The van der Waals surface area contributed by atoms with E-state index in [0.29, 0.717) is 12.3 Å². The van der Waals surface area contributed by atoms with E-state index in [1.165, 1.54) is 13.1 Å². The molecule has 1 saturated heterocycles. The van der Waals surface area contributed by atoms with Gasteiger partial charge < -0.3 is 19.9 Å². The zero-order valence-electron chi connectivity index (χ0n) is 14.1. The van der Waals surface area contributed by atoms with Gasteiger partial charge in [-0.1, -0.05) is 0 Å². The van der Waals surface area contributed by atoms with Crippen molar-refractivity contribution in [2.24, 2.45) is 5.10 Å². The monoisotopic (exact) mass is 349 g/mol. The maximum atomic E-state index is 11.7. The number of ether oxygens (including phenoxy) is 2. The number of benzene rings is 1. The molecule has 1 fully saturated rings. The SMILES string of the molecule is C[C@@H](O)C(=O)N/N=C\c1ccc(OCC(=O)NC[C@H]2CCCO2)cc1. The number of nitrogens with zero attached hydrogens (tertiary/aromatic N) is 1. The first kappa shape index (κ1) is 18.9. The molecular formula is C17H23N3O5. The van der Waals surface area contributed by atoms with Gasteiger partial charge in [-0.15, -0.1) is 0 Å². The van der Waals surface area contributed by atoms with Crippen LogP contribution in [0.25, 0.3) is 0 Å². The van der Waals surface area contributed by atoms with Crippen LogP contribution in [0.4, 0.5) is 0 Å². The Morgan fingerprint density at radius 1 is 1.44 bits per heavy atom. The Kier molecular flexibility index (Phi) is 7.36. The van der Waals surface area contributed by atoms with Crippen molar-refractivity contribution >= 4 is 18.0 Å². The van der Waals surface area contributed by atoms with Gasteiger partial charge in [0.1, 0.15) is 11.9 Å². The molecule has 1 aromatic rings. The van der Waals surface area contributed by atoms with Gasteiger partial charge in [0.2, 0.25) is 0 Å².